The van der Waals surface area contributed by atoms with Gasteiger partial charge in [0.1, 0.15) is 11.5 Å². The molecule has 1 aromatic heterocycles. The van der Waals surface area contributed by atoms with Crippen LogP contribution in [0.25, 0.3) is 0 Å². The van der Waals surface area contributed by atoms with Crippen LogP contribution in [0.5, 0.6) is 0 Å². The molecule has 5 heteroatoms. The van der Waals surface area contributed by atoms with Gasteiger partial charge < -0.3 is 15.1 Å². The fourth-order valence-corrected chi connectivity index (χ4v) is 2.12. The Bertz CT molecular complexity index is 622. The number of hydrogen-bond acceptors (Lipinski definition) is 3. The van der Waals surface area contributed by atoms with Gasteiger partial charge in [0.15, 0.2) is 0 Å². The Morgan fingerprint density at radius 3 is 2.76 bits per heavy atom. The minimum Gasteiger partial charge on any atom is -0.465 e. The zero-order valence-corrected chi connectivity index (χ0v) is 13.0. The summed E-state index contributed by atoms with van der Waals surface area (Å²) in [5.74, 6) is 1.73. The number of benzene rings is 1. The van der Waals surface area contributed by atoms with Crippen molar-refractivity contribution >= 4 is 23.2 Å². The van der Waals surface area contributed by atoms with Crippen LogP contribution in [0.1, 0.15) is 23.5 Å². The Morgan fingerprint density at radius 1 is 1.24 bits per heavy atom. The number of nitrogens with one attached hydrogen (secondary N) is 2. The number of anilines is 1. The molecule has 0 unspecified atom stereocenters. The van der Waals surface area contributed by atoms with Gasteiger partial charge >= 0.3 is 0 Å². The average molecular weight is 307 g/mol. The lowest BCUT2D eigenvalue weighted by Gasteiger charge is -2.09. The van der Waals surface area contributed by atoms with E-state index >= 15 is 0 Å². The molecule has 0 aliphatic heterocycles. The summed E-state index contributed by atoms with van der Waals surface area (Å²) >= 11 is 6.02. The first-order chi connectivity index (χ1) is 10.1. The molecule has 2 N–H and O–H groups in total. The van der Waals surface area contributed by atoms with Gasteiger partial charge in [-0.15, -0.1) is 0 Å². The summed E-state index contributed by atoms with van der Waals surface area (Å²) in [6.45, 7) is 5.00. The van der Waals surface area contributed by atoms with E-state index in [2.05, 4.69) is 10.6 Å². The Labute approximate surface area is 129 Å². The Morgan fingerprint density at radius 2 is 2.05 bits per heavy atom. The van der Waals surface area contributed by atoms with Crippen molar-refractivity contribution < 1.29 is 9.21 Å². The maximum absolute atomic E-state index is 11.9. The molecule has 2 aromatic rings. The maximum atomic E-state index is 11.9. The molecule has 0 bridgehead atoms. The Hall–Kier alpha value is -1.78. The number of furan rings is 1. The quantitative estimate of drug-likeness (QED) is 0.801. The zero-order chi connectivity index (χ0) is 15.2. The van der Waals surface area contributed by atoms with Crippen LogP contribution >= 0.6 is 11.6 Å². The highest BCUT2D eigenvalue weighted by atomic mass is 35.5. The van der Waals surface area contributed by atoms with E-state index in [4.69, 9.17) is 16.0 Å². The highest BCUT2D eigenvalue weighted by molar-refractivity contribution is 6.31. The number of rotatable bonds is 6. The first-order valence-electron chi connectivity index (χ1n) is 6.87. The third kappa shape index (κ3) is 4.62. The van der Waals surface area contributed by atoms with E-state index in [1.54, 1.807) is 6.07 Å². The van der Waals surface area contributed by atoms with Gasteiger partial charge in [-0.05, 0) is 43.7 Å². The summed E-state index contributed by atoms with van der Waals surface area (Å²) in [7, 11) is 0. The fourth-order valence-electron chi connectivity index (χ4n) is 1.95. The molecule has 1 heterocycles. The Kier molecular flexibility index (Phi) is 5.42. The number of hydrogen-bond donors (Lipinski definition) is 2. The maximum Gasteiger partial charge on any atom is 0.225 e. The third-order valence-electron chi connectivity index (χ3n) is 3.17. The van der Waals surface area contributed by atoms with E-state index in [1.807, 2.05) is 38.1 Å². The molecule has 2 rings (SSSR count). The lowest BCUT2D eigenvalue weighted by molar-refractivity contribution is -0.116. The molecule has 21 heavy (non-hydrogen) atoms. The van der Waals surface area contributed by atoms with Crippen molar-refractivity contribution in [3.05, 3.63) is 52.4 Å². The van der Waals surface area contributed by atoms with E-state index in [0.717, 1.165) is 22.8 Å². The van der Waals surface area contributed by atoms with Crippen LogP contribution in [0.3, 0.4) is 0 Å². The van der Waals surface area contributed by atoms with E-state index in [1.165, 1.54) is 0 Å². The number of amides is 1. The topological polar surface area (TPSA) is 54.3 Å². The summed E-state index contributed by atoms with van der Waals surface area (Å²) in [6.07, 6.45) is 0.394. The highest BCUT2D eigenvalue weighted by Crippen LogP contribution is 2.22. The molecule has 4 nitrogen and oxygen atoms in total. The van der Waals surface area contributed by atoms with Gasteiger partial charge in [-0.25, -0.2) is 0 Å². The molecule has 1 aromatic carbocycles. The first-order valence-corrected chi connectivity index (χ1v) is 7.25. The Balaban J connectivity index is 1.73. The van der Waals surface area contributed by atoms with E-state index in [-0.39, 0.29) is 5.91 Å². The first kappa shape index (κ1) is 15.6. The van der Waals surface area contributed by atoms with E-state index < -0.39 is 0 Å². The second-order valence-corrected chi connectivity index (χ2v) is 5.31. The molecule has 0 saturated carbocycles. The summed E-state index contributed by atoms with van der Waals surface area (Å²) in [4.78, 5) is 11.9. The van der Waals surface area contributed by atoms with E-state index in [9.17, 15) is 4.79 Å². The van der Waals surface area contributed by atoms with Crippen molar-refractivity contribution in [3.8, 4) is 0 Å². The van der Waals surface area contributed by atoms with Crippen molar-refractivity contribution in [2.24, 2.45) is 0 Å². The van der Waals surface area contributed by atoms with Crippen LogP contribution in [0.4, 0.5) is 5.69 Å². The summed E-state index contributed by atoms with van der Waals surface area (Å²) in [6, 6.07) is 9.32. The molecule has 0 aliphatic carbocycles. The molecule has 0 radical (unpaired) electrons. The molecule has 0 aliphatic rings. The zero-order valence-electron chi connectivity index (χ0n) is 12.2. The normalized spacial score (nSPS) is 10.6. The second kappa shape index (κ2) is 7.29. The van der Waals surface area contributed by atoms with Gasteiger partial charge in [-0.3, -0.25) is 4.79 Å². The number of carbonyl (C=O) groups is 1. The van der Waals surface area contributed by atoms with Crippen LogP contribution < -0.4 is 10.6 Å². The lowest BCUT2D eigenvalue weighted by Crippen LogP contribution is -2.21. The minimum absolute atomic E-state index is 0.0384. The van der Waals surface area contributed by atoms with Gasteiger partial charge in [-0.2, -0.15) is 0 Å². The van der Waals surface area contributed by atoms with Gasteiger partial charge in [0, 0.05) is 23.7 Å². The SMILES string of the molecule is Cc1ccc(CNCCC(=O)Nc2cccc(Cl)c2C)o1. The molecule has 0 fully saturated rings. The van der Waals surface area contributed by atoms with Gasteiger partial charge in [0.05, 0.1) is 6.54 Å². The van der Waals surface area contributed by atoms with Crippen molar-refractivity contribution in [2.75, 3.05) is 11.9 Å². The summed E-state index contributed by atoms with van der Waals surface area (Å²) in [5, 5.41) is 6.70. The third-order valence-corrected chi connectivity index (χ3v) is 3.58. The van der Waals surface area contributed by atoms with E-state index in [0.29, 0.717) is 24.5 Å². The smallest absolute Gasteiger partial charge is 0.225 e. The summed E-state index contributed by atoms with van der Waals surface area (Å²) in [5.41, 5.74) is 1.64. The van der Waals surface area contributed by atoms with Crippen molar-refractivity contribution in [1.29, 1.82) is 0 Å². The van der Waals surface area contributed by atoms with Gasteiger partial charge in [0.25, 0.3) is 0 Å². The fraction of sp³-hybridized carbons (Fsp3) is 0.312. The molecule has 112 valence electrons. The number of aryl methyl sites for hydroxylation is 1. The van der Waals surface area contributed by atoms with Crippen LogP contribution in [-0.4, -0.2) is 12.5 Å². The summed E-state index contributed by atoms with van der Waals surface area (Å²) < 4.78 is 5.44. The van der Waals surface area contributed by atoms with Crippen LogP contribution in [0.15, 0.2) is 34.7 Å². The molecule has 0 spiro atoms. The predicted octanol–water partition coefficient (Wildman–Crippen LogP) is 3.67. The van der Waals surface area contributed by atoms with Crippen molar-refractivity contribution in [3.63, 3.8) is 0 Å². The standard InChI is InChI=1S/C16H19ClN2O2/c1-11-6-7-13(21-11)10-18-9-8-16(20)19-15-5-3-4-14(17)12(15)2/h3-7,18H,8-10H2,1-2H3,(H,19,20). The molecule has 0 atom stereocenters. The average Bonchev–Trinajstić information content (AvgIpc) is 2.86. The van der Waals surface area contributed by atoms with Gasteiger partial charge in [-0.1, -0.05) is 17.7 Å². The van der Waals surface area contributed by atoms with Crippen LogP contribution in [0.2, 0.25) is 5.02 Å². The lowest BCUT2D eigenvalue weighted by atomic mass is 10.2. The van der Waals surface area contributed by atoms with Gasteiger partial charge in [0.2, 0.25) is 5.91 Å². The highest BCUT2D eigenvalue weighted by Gasteiger charge is 2.06. The van der Waals surface area contributed by atoms with Crippen molar-refractivity contribution in [2.45, 2.75) is 26.8 Å². The minimum atomic E-state index is -0.0384. The molecular formula is C16H19ClN2O2. The van der Waals surface area contributed by atoms with Crippen LogP contribution in [0, 0.1) is 13.8 Å². The number of carbonyl (C=O) groups excluding carboxylic acids is 1. The van der Waals surface area contributed by atoms with Crippen molar-refractivity contribution in [1.82, 2.24) is 5.32 Å². The van der Waals surface area contributed by atoms with Crippen LogP contribution in [-0.2, 0) is 11.3 Å². The number of halogens is 1. The largest absolute Gasteiger partial charge is 0.465 e. The predicted molar refractivity (Wildman–Crippen MR) is 84.6 cm³/mol. The monoisotopic (exact) mass is 306 g/mol. The molecule has 0 saturated heterocycles. The molecular weight excluding hydrogens is 288 g/mol. The second-order valence-electron chi connectivity index (χ2n) is 4.90. The molecule has 1 amide bonds.